The van der Waals surface area contributed by atoms with E-state index >= 15 is 0 Å². The molecule has 0 heterocycles. The SMILES string of the molecule is CCOP(=O)(CCCC(=O)NC(CC(=O)O)C(=O)O)OCC. The summed E-state index contributed by atoms with van der Waals surface area (Å²) in [5.74, 6) is -3.39. The van der Waals surface area contributed by atoms with E-state index in [2.05, 4.69) is 5.32 Å². The number of hydrogen-bond acceptors (Lipinski definition) is 6. The first-order valence-corrected chi connectivity index (χ1v) is 8.59. The van der Waals surface area contributed by atoms with E-state index < -0.39 is 37.9 Å². The predicted octanol–water partition coefficient (Wildman–Crippen LogP) is 1.08. The topological polar surface area (TPSA) is 139 Å². The lowest BCUT2D eigenvalue weighted by Gasteiger charge is -2.17. The molecular formula is C12H22NO8P. The Balaban J connectivity index is 4.34. The van der Waals surface area contributed by atoms with Gasteiger partial charge in [-0.25, -0.2) is 4.79 Å². The van der Waals surface area contributed by atoms with Crippen LogP contribution in [0.15, 0.2) is 0 Å². The zero-order valence-corrected chi connectivity index (χ0v) is 13.5. The Labute approximate surface area is 128 Å². The van der Waals surface area contributed by atoms with Gasteiger partial charge in [0.1, 0.15) is 6.04 Å². The average molecular weight is 339 g/mol. The Bertz CT molecular complexity index is 429. The number of carboxylic acid groups (broad SMARTS) is 2. The summed E-state index contributed by atoms with van der Waals surface area (Å²) in [6.45, 7) is 3.76. The van der Waals surface area contributed by atoms with Crippen LogP contribution in [0.2, 0.25) is 0 Å². The van der Waals surface area contributed by atoms with Crippen LogP contribution in [0.4, 0.5) is 0 Å². The summed E-state index contributed by atoms with van der Waals surface area (Å²) < 4.78 is 22.2. The van der Waals surface area contributed by atoms with Crippen molar-refractivity contribution in [3.05, 3.63) is 0 Å². The molecule has 0 aromatic carbocycles. The summed E-state index contributed by atoms with van der Waals surface area (Å²) in [5, 5.41) is 19.5. The number of nitrogens with one attached hydrogen (secondary N) is 1. The molecule has 1 amide bonds. The highest BCUT2D eigenvalue weighted by atomic mass is 31.2. The highest BCUT2D eigenvalue weighted by Gasteiger charge is 2.25. The molecule has 10 heteroatoms. The second-order valence-electron chi connectivity index (χ2n) is 4.33. The smallest absolute Gasteiger partial charge is 0.330 e. The zero-order chi connectivity index (χ0) is 17.2. The summed E-state index contributed by atoms with van der Waals surface area (Å²) in [5.41, 5.74) is 0. The molecule has 0 bridgehead atoms. The minimum Gasteiger partial charge on any atom is -0.481 e. The monoisotopic (exact) mass is 339 g/mol. The van der Waals surface area contributed by atoms with Gasteiger partial charge in [0.2, 0.25) is 5.91 Å². The van der Waals surface area contributed by atoms with Crippen LogP contribution in [0.25, 0.3) is 0 Å². The lowest BCUT2D eigenvalue weighted by Crippen LogP contribution is -2.42. The van der Waals surface area contributed by atoms with E-state index in [0.29, 0.717) is 0 Å². The third kappa shape index (κ3) is 8.76. The summed E-state index contributed by atoms with van der Waals surface area (Å²) in [4.78, 5) is 32.9. The predicted molar refractivity (Wildman–Crippen MR) is 76.8 cm³/mol. The standard InChI is InChI=1S/C12H22NO8P/c1-3-20-22(19,21-4-2)7-5-6-10(14)13-9(12(17)18)8-11(15)16/h9H,3-8H2,1-2H3,(H,13,14)(H,15,16)(H,17,18). The highest BCUT2D eigenvalue weighted by molar-refractivity contribution is 7.53. The van der Waals surface area contributed by atoms with E-state index in [-0.39, 0.29) is 32.2 Å². The van der Waals surface area contributed by atoms with Crippen molar-refractivity contribution in [2.45, 2.75) is 39.2 Å². The Hall–Kier alpha value is -1.44. The third-order valence-electron chi connectivity index (χ3n) is 2.50. The van der Waals surface area contributed by atoms with Gasteiger partial charge in [0.25, 0.3) is 0 Å². The van der Waals surface area contributed by atoms with Crippen LogP contribution in [0.5, 0.6) is 0 Å². The fourth-order valence-corrected chi connectivity index (χ4v) is 3.30. The van der Waals surface area contributed by atoms with E-state index in [1.54, 1.807) is 13.8 Å². The van der Waals surface area contributed by atoms with Crippen molar-refractivity contribution in [3.63, 3.8) is 0 Å². The van der Waals surface area contributed by atoms with Crippen LogP contribution in [-0.2, 0) is 28.0 Å². The molecule has 0 aromatic rings. The molecule has 0 saturated carbocycles. The molecule has 0 radical (unpaired) electrons. The highest BCUT2D eigenvalue weighted by Crippen LogP contribution is 2.48. The van der Waals surface area contributed by atoms with Gasteiger partial charge in [-0.2, -0.15) is 0 Å². The largest absolute Gasteiger partial charge is 0.481 e. The maximum Gasteiger partial charge on any atom is 0.330 e. The molecule has 22 heavy (non-hydrogen) atoms. The van der Waals surface area contributed by atoms with E-state index in [0.717, 1.165) is 0 Å². The molecule has 0 aliphatic rings. The number of rotatable bonds is 12. The Morgan fingerprint density at radius 1 is 1.14 bits per heavy atom. The van der Waals surface area contributed by atoms with Crippen LogP contribution < -0.4 is 5.32 Å². The van der Waals surface area contributed by atoms with Crippen molar-refractivity contribution in [1.29, 1.82) is 0 Å². The van der Waals surface area contributed by atoms with Crippen LogP contribution in [-0.4, -0.2) is 53.5 Å². The van der Waals surface area contributed by atoms with Crippen molar-refractivity contribution in [3.8, 4) is 0 Å². The number of amides is 1. The molecular weight excluding hydrogens is 317 g/mol. The third-order valence-corrected chi connectivity index (χ3v) is 4.67. The van der Waals surface area contributed by atoms with E-state index in [1.807, 2.05) is 0 Å². The van der Waals surface area contributed by atoms with E-state index in [9.17, 15) is 18.9 Å². The fourth-order valence-electron chi connectivity index (χ4n) is 1.63. The van der Waals surface area contributed by atoms with Gasteiger partial charge in [-0.3, -0.25) is 14.2 Å². The molecule has 0 fully saturated rings. The summed E-state index contributed by atoms with van der Waals surface area (Å²) in [6.07, 6.45) is -0.619. The van der Waals surface area contributed by atoms with Crippen LogP contribution >= 0.6 is 7.60 Å². The Kier molecular flexibility index (Phi) is 9.64. The van der Waals surface area contributed by atoms with Gasteiger partial charge in [-0.15, -0.1) is 0 Å². The quantitative estimate of drug-likeness (QED) is 0.449. The molecule has 0 spiro atoms. The van der Waals surface area contributed by atoms with Gasteiger partial charge in [-0.1, -0.05) is 0 Å². The molecule has 1 atom stereocenters. The van der Waals surface area contributed by atoms with Crippen LogP contribution in [0.1, 0.15) is 33.1 Å². The molecule has 0 aliphatic carbocycles. The molecule has 0 aliphatic heterocycles. The maximum atomic E-state index is 12.1. The number of aliphatic carboxylic acids is 2. The number of carbonyl (C=O) groups is 3. The maximum absolute atomic E-state index is 12.1. The summed E-state index contributed by atoms with van der Waals surface area (Å²) in [7, 11) is -3.24. The summed E-state index contributed by atoms with van der Waals surface area (Å²) in [6, 6.07) is -1.49. The lowest BCUT2D eigenvalue weighted by molar-refractivity contribution is -0.147. The van der Waals surface area contributed by atoms with Gasteiger partial charge in [0.05, 0.1) is 25.8 Å². The number of hydrogen-bond donors (Lipinski definition) is 3. The van der Waals surface area contributed by atoms with Crippen molar-refractivity contribution in [2.24, 2.45) is 0 Å². The van der Waals surface area contributed by atoms with Crippen molar-refractivity contribution < 1.29 is 38.2 Å². The van der Waals surface area contributed by atoms with Crippen molar-refractivity contribution in [2.75, 3.05) is 19.4 Å². The molecule has 1 unspecified atom stereocenters. The van der Waals surface area contributed by atoms with Crippen molar-refractivity contribution in [1.82, 2.24) is 5.32 Å². The van der Waals surface area contributed by atoms with Gasteiger partial charge in [0, 0.05) is 6.42 Å². The Morgan fingerprint density at radius 3 is 2.09 bits per heavy atom. The van der Waals surface area contributed by atoms with Gasteiger partial charge in [0.15, 0.2) is 0 Å². The van der Waals surface area contributed by atoms with Crippen LogP contribution in [0, 0.1) is 0 Å². The molecule has 0 aromatic heterocycles. The fraction of sp³-hybridized carbons (Fsp3) is 0.750. The molecule has 0 rings (SSSR count). The second kappa shape index (κ2) is 10.3. The first-order valence-electron chi connectivity index (χ1n) is 6.86. The zero-order valence-electron chi connectivity index (χ0n) is 12.6. The van der Waals surface area contributed by atoms with Gasteiger partial charge < -0.3 is 24.6 Å². The van der Waals surface area contributed by atoms with Crippen LogP contribution in [0.3, 0.4) is 0 Å². The van der Waals surface area contributed by atoms with Gasteiger partial charge in [-0.05, 0) is 20.3 Å². The first kappa shape index (κ1) is 20.6. The molecule has 9 nitrogen and oxygen atoms in total. The Morgan fingerprint density at radius 2 is 1.68 bits per heavy atom. The normalized spacial score (nSPS) is 12.6. The average Bonchev–Trinajstić information content (AvgIpc) is 2.37. The number of carboxylic acids is 2. The number of carbonyl (C=O) groups excluding carboxylic acids is 1. The minimum absolute atomic E-state index is 0.0266. The van der Waals surface area contributed by atoms with E-state index in [1.165, 1.54) is 0 Å². The van der Waals surface area contributed by atoms with E-state index in [4.69, 9.17) is 19.3 Å². The summed E-state index contributed by atoms with van der Waals surface area (Å²) >= 11 is 0. The molecule has 0 saturated heterocycles. The second-order valence-corrected chi connectivity index (χ2v) is 6.52. The first-order chi connectivity index (χ1) is 10.2. The minimum atomic E-state index is -3.24. The van der Waals surface area contributed by atoms with Gasteiger partial charge >= 0.3 is 19.5 Å². The molecule has 128 valence electrons. The molecule has 3 N–H and O–H groups in total. The lowest BCUT2D eigenvalue weighted by atomic mass is 10.2. The van der Waals surface area contributed by atoms with Crippen molar-refractivity contribution >= 4 is 25.4 Å².